The van der Waals surface area contributed by atoms with Gasteiger partial charge < -0.3 is 10.5 Å². The first-order valence-electron chi connectivity index (χ1n) is 7.16. The quantitative estimate of drug-likeness (QED) is 0.886. The first-order valence-corrected chi connectivity index (χ1v) is 7.16. The zero-order valence-electron chi connectivity index (χ0n) is 12.5. The molecule has 5 nitrogen and oxygen atoms in total. The normalized spacial score (nSPS) is 26.6. The molecule has 1 aromatic heterocycles. The van der Waals surface area contributed by atoms with Gasteiger partial charge in [0.25, 0.3) is 0 Å². The number of aryl methyl sites for hydroxylation is 2. The van der Waals surface area contributed by atoms with Gasteiger partial charge in [-0.15, -0.1) is 0 Å². The van der Waals surface area contributed by atoms with Crippen molar-refractivity contribution in [1.82, 2.24) is 14.7 Å². The minimum absolute atomic E-state index is 0.241. The van der Waals surface area contributed by atoms with Crippen molar-refractivity contribution in [2.24, 2.45) is 12.8 Å². The Labute approximate surface area is 115 Å². The van der Waals surface area contributed by atoms with Gasteiger partial charge in [-0.25, -0.2) is 0 Å². The van der Waals surface area contributed by atoms with Gasteiger partial charge in [0.15, 0.2) is 0 Å². The highest BCUT2D eigenvalue weighted by molar-refractivity contribution is 5.22. The van der Waals surface area contributed by atoms with Crippen molar-refractivity contribution in [3.05, 3.63) is 17.5 Å². The van der Waals surface area contributed by atoms with Gasteiger partial charge in [0.2, 0.25) is 0 Å². The number of morpholine rings is 1. The number of nitrogens with zero attached hydrogens (tertiary/aromatic N) is 3. The third kappa shape index (κ3) is 2.99. The lowest BCUT2D eigenvalue weighted by Crippen LogP contribution is -2.50. The smallest absolute Gasteiger partial charge is 0.0675 e. The lowest BCUT2D eigenvalue weighted by Gasteiger charge is -2.41. The van der Waals surface area contributed by atoms with Crippen LogP contribution in [0.3, 0.4) is 0 Å². The van der Waals surface area contributed by atoms with Gasteiger partial charge in [0.05, 0.1) is 24.4 Å². The Morgan fingerprint density at radius 3 is 2.89 bits per heavy atom. The molecule has 108 valence electrons. The van der Waals surface area contributed by atoms with Crippen molar-refractivity contribution in [1.29, 1.82) is 0 Å². The minimum atomic E-state index is 0.241. The summed E-state index contributed by atoms with van der Waals surface area (Å²) in [5, 5.41) is 4.54. The zero-order valence-corrected chi connectivity index (χ0v) is 12.5. The molecule has 3 unspecified atom stereocenters. The van der Waals surface area contributed by atoms with Gasteiger partial charge in [-0.2, -0.15) is 5.10 Å². The molecule has 0 aliphatic carbocycles. The fourth-order valence-corrected chi connectivity index (χ4v) is 2.91. The summed E-state index contributed by atoms with van der Waals surface area (Å²) in [4.78, 5) is 2.46. The average Bonchev–Trinajstić information content (AvgIpc) is 2.76. The molecule has 1 aliphatic heterocycles. The summed E-state index contributed by atoms with van der Waals surface area (Å²) >= 11 is 0. The molecule has 0 bridgehead atoms. The Balaban J connectivity index is 2.27. The van der Waals surface area contributed by atoms with E-state index < -0.39 is 0 Å². The summed E-state index contributed by atoms with van der Waals surface area (Å²) in [6.45, 7) is 8.80. The van der Waals surface area contributed by atoms with E-state index in [1.807, 2.05) is 11.7 Å². The Morgan fingerprint density at radius 2 is 2.26 bits per heavy atom. The molecule has 0 amide bonds. The summed E-state index contributed by atoms with van der Waals surface area (Å²) in [5.41, 5.74) is 8.49. The third-order valence-corrected chi connectivity index (χ3v) is 3.91. The molecule has 3 atom stereocenters. The van der Waals surface area contributed by atoms with Crippen molar-refractivity contribution in [3.63, 3.8) is 0 Å². The second-order valence-corrected chi connectivity index (χ2v) is 5.50. The van der Waals surface area contributed by atoms with Crippen molar-refractivity contribution in [2.75, 3.05) is 19.7 Å². The fraction of sp³-hybridized carbons (Fsp3) is 0.786. The number of ether oxygens (including phenoxy) is 1. The van der Waals surface area contributed by atoms with Crippen LogP contribution in [0, 0.1) is 0 Å². The van der Waals surface area contributed by atoms with Crippen LogP contribution in [0.4, 0.5) is 0 Å². The average molecular weight is 266 g/mol. The van der Waals surface area contributed by atoms with Gasteiger partial charge in [-0.05, 0) is 20.3 Å². The lowest BCUT2D eigenvalue weighted by molar-refractivity contribution is -0.0655. The Kier molecular flexibility index (Phi) is 4.60. The van der Waals surface area contributed by atoms with Crippen LogP contribution in [-0.2, 0) is 18.2 Å². The van der Waals surface area contributed by atoms with E-state index in [4.69, 9.17) is 10.5 Å². The molecule has 2 N–H and O–H groups in total. The second kappa shape index (κ2) is 6.03. The van der Waals surface area contributed by atoms with Crippen LogP contribution in [0.1, 0.15) is 38.1 Å². The van der Waals surface area contributed by atoms with Crippen LogP contribution >= 0.6 is 0 Å². The number of rotatable bonds is 4. The monoisotopic (exact) mass is 266 g/mol. The molecular formula is C14H26N4O. The maximum atomic E-state index is 6.06. The van der Waals surface area contributed by atoms with Crippen molar-refractivity contribution >= 4 is 0 Å². The summed E-state index contributed by atoms with van der Waals surface area (Å²) in [5.74, 6) is 0. The standard InChI is InChI=1S/C14H26N4O/c1-5-13-12(8-17(4)16-13)14(6-15)18-7-11(3)19-9-10(18)2/h8,10-11,14H,5-7,9,15H2,1-4H3. The maximum absolute atomic E-state index is 6.06. The molecule has 1 aliphatic rings. The van der Waals surface area contributed by atoms with Gasteiger partial charge >= 0.3 is 0 Å². The van der Waals surface area contributed by atoms with Crippen LogP contribution < -0.4 is 5.73 Å². The van der Waals surface area contributed by atoms with E-state index in [0.717, 1.165) is 25.3 Å². The highest BCUT2D eigenvalue weighted by atomic mass is 16.5. The molecule has 19 heavy (non-hydrogen) atoms. The van der Waals surface area contributed by atoms with Gasteiger partial charge in [-0.3, -0.25) is 9.58 Å². The molecule has 0 aromatic carbocycles. The number of hydrogen-bond donors (Lipinski definition) is 1. The first-order chi connectivity index (χ1) is 9.06. The van der Waals surface area contributed by atoms with Crippen LogP contribution in [0.25, 0.3) is 0 Å². The van der Waals surface area contributed by atoms with Crippen LogP contribution in [0.15, 0.2) is 6.20 Å². The van der Waals surface area contributed by atoms with Crippen LogP contribution in [0.2, 0.25) is 0 Å². The highest BCUT2D eigenvalue weighted by Gasteiger charge is 2.31. The van der Waals surface area contributed by atoms with E-state index in [2.05, 4.69) is 37.0 Å². The molecule has 0 radical (unpaired) electrons. The van der Waals surface area contributed by atoms with Crippen LogP contribution in [0.5, 0.6) is 0 Å². The summed E-state index contributed by atoms with van der Waals surface area (Å²) in [6, 6.07) is 0.639. The van der Waals surface area contributed by atoms with E-state index in [-0.39, 0.29) is 12.1 Å². The van der Waals surface area contributed by atoms with E-state index in [1.165, 1.54) is 5.56 Å². The molecule has 1 aromatic rings. The maximum Gasteiger partial charge on any atom is 0.0675 e. The molecule has 2 rings (SSSR count). The zero-order chi connectivity index (χ0) is 14.0. The molecule has 0 spiro atoms. The molecular weight excluding hydrogens is 240 g/mol. The van der Waals surface area contributed by atoms with Crippen molar-refractivity contribution in [2.45, 2.75) is 45.4 Å². The number of hydrogen-bond acceptors (Lipinski definition) is 4. The number of nitrogens with two attached hydrogens (primary N) is 1. The fourth-order valence-electron chi connectivity index (χ4n) is 2.91. The van der Waals surface area contributed by atoms with Gasteiger partial charge in [0, 0.05) is 37.9 Å². The summed E-state index contributed by atoms with van der Waals surface area (Å²) in [7, 11) is 1.97. The number of aromatic nitrogens is 2. The van der Waals surface area contributed by atoms with Crippen molar-refractivity contribution in [3.8, 4) is 0 Å². The van der Waals surface area contributed by atoms with Crippen molar-refractivity contribution < 1.29 is 4.74 Å². The third-order valence-electron chi connectivity index (χ3n) is 3.91. The SMILES string of the molecule is CCc1nn(C)cc1C(CN)N1CC(C)OCC1C. The van der Waals surface area contributed by atoms with E-state index >= 15 is 0 Å². The molecule has 1 fully saturated rings. The minimum Gasteiger partial charge on any atom is -0.376 e. The molecule has 2 heterocycles. The highest BCUT2D eigenvalue weighted by Crippen LogP contribution is 2.27. The Morgan fingerprint density at radius 1 is 1.53 bits per heavy atom. The van der Waals surface area contributed by atoms with Crippen LogP contribution in [-0.4, -0.2) is 46.5 Å². The molecule has 5 heteroatoms. The van der Waals surface area contributed by atoms with Gasteiger partial charge in [0.1, 0.15) is 0 Å². The second-order valence-electron chi connectivity index (χ2n) is 5.50. The Bertz CT molecular complexity index is 418. The first kappa shape index (κ1) is 14.5. The van der Waals surface area contributed by atoms with E-state index in [0.29, 0.717) is 12.6 Å². The predicted octanol–water partition coefficient (Wildman–Crippen LogP) is 1.09. The van der Waals surface area contributed by atoms with E-state index in [9.17, 15) is 0 Å². The predicted molar refractivity (Wildman–Crippen MR) is 76.0 cm³/mol. The summed E-state index contributed by atoms with van der Waals surface area (Å²) < 4.78 is 7.60. The topological polar surface area (TPSA) is 56.3 Å². The summed E-state index contributed by atoms with van der Waals surface area (Å²) in [6.07, 6.45) is 3.33. The molecule has 0 saturated carbocycles. The van der Waals surface area contributed by atoms with Gasteiger partial charge in [-0.1, -0.05) is 6.92 Å². The molecule has 1 saturated heterocycles. The largest absolute Gasteiger partial charge is 0.376 e. The van der Waals surface area contributed by atoms with E-state index in [1.54, 1.807) is 0 Å². The Hall–Kier alpha value is -0.910. The lowest BCUT2D eigenvalue weighted by atomic mass is 10.0.